The third kappa shape index (κ3) is 1.55. The van der Waals surface area contributed by atoms with Crippen LogP contribution in [0.15, 0.2) is 6.07 Å². The van der Waals surface area contributed by atoms with Crippen LogP contribution >= 0.6 is 0 Å². The van der Waals surface area contributed by atoms with E-state index in [1.54, 1.807) is 0 Å². The van der Waals surface area contributed by atoms with Crippen LogP contribution in [0.1, 0.15) is 17.2 Å². The van der Waals surface area contributed by atoms with Crippen LogP contribution in [0.25, 0.3) is 0 Å². The van der Waals surface area contributed by atoms with Crippen molar-refractivity contribution in [3.8, 4) is 0 Å². The van der Waals surface area contributed by atoms with E-state index >= 15 is 0 Å². The number of hydrogen-bond acceptors (Lipinski definition) is 2. The first-order chi connectivity index (χ1) is 7.52. The van der Waals surface area contributed by atoms with E-state index in [9.17, 15) is 18.0 Å². The Bertz CT molecular complexity index is 462. The van der Waals surface area contributed by atoms with Crippen molar-refractivity contribution in [2.75, 3.05) is 6.54 Å². The number of nitrogens with one attached hydrogen (secondary N) is 1. The minimum atomic E-state index is -1.39. The summed E-state index contributed by atoms with van der Waals surface area (Å²) in [7, 11) is 0. The lowest BCUT2D eigenvalue weighted by molar-refractivity contribution is -0.139. The fourth-order valence-corrected chi connectivity index (χ4v) is 1.86. The summed E-state index contributed by atoms with van der Waals surface area (Å²) >= 11 is 0. The monoisotopic (exact) mass is 231 g/mol. The largest absolute Gasteiger partial charge is 0.480 e. The van der Waals surface area contributed by atoms with E-state index in [1.165, 1.54) is 0 Å². The highest BCUT2D eigenvalue weighted by molar-refractivity contribution is 5.76. The molecule has 1 aromatic rings. The van der Waals surface area contributed by atoms with Crippen molar-refractivity contribution in [2.24, 2.45) is 0 Å². The molecule has 16 heavy (non-hydrogen) atoms. The lowest BCUT2D eigenvalue weighted by Gasteiger charge is -2.24. The summed E-state index contributed by atoms with van der Waals surface area (Å²) in [6, 6.07) is -0.952. The van der Waals surface area contributed by atoms with Crippen LogP contribution in [0, 0.1) is 17.5 Å². The molecule has 1 aliphatic rings. The molecule has 1 aromatic carbocycles. The second kappa shape index (κ2) is 3.79. The highest BCUT2D eigenvalue weighted by Gasteiger charge is 2.32. The number of carbonyl (C=O) groups is 1. The number of aliphatic carboxylic acids is 1. The van der Waals surface area contributed by atoms with E-state index in [0.29, 0.717) is 6.07 Å². The molecule has 0 aromatic heterocycles. The molecule has 0 amide bonds. The van der Waals surface area contributed by atoms with Gasteiger partial charge in [-0.05, 0) is 12.0 Å². The molecule has 0 spiro atoms. The van der Waals surface area contributed by atoms with Gasteiger partial charge in [0.25, 0.3) is 0 Å². The first kappa shape index (κ1) is 10.9. The van der Waals surface area contributed by atoms with Gasteiger partial charge in [0.05, 0.1) is 0 Å². The number of benzene rings is 1. The summed E-state index contributed by atoms with van der Waals surface area (Å²) in [5.41, 5.74) is -0.499. The van der Waals surface area contributed by atoms with E-state index in [1.807, 2.05) is 0 Å². The van der Waals surface area contributed by atoms with Crippen molar-refractivity contribution in [1.29, 1.82) is 0 Å². The van der Waals surface area contributed by atoms with Crippen molar-refractivity contribution < 1.29 is 23.1 Å². The minimum Gasteiger partial charge on any atom is -0.480 e. The summed E-state index contributed by atoms with van der Waals surface area (Å²) < 4.78 is 39.7. The average molecular weight is 231 g/mol. The quantitative estimate of drug-likeness (QED) is 0.718. The lowest BCUT2D eigenvalue weighted by Crippen LogP contribution is -2.36. The van der Waals surface area contributed by atoms with E-state index in [2.05, 4.69) is 5.32 Å². The topological polar surface area (TPSA) is 49.3 Å². The second-order valence-electron chi connectivity index (χ2n) is 3.52. The number of hydrogen-bond donors (Lipinski definition) is 2. The van der Waals surface area contributed by atoms with Gasteiger partial charge in [0.2, 0.25) is 0 Å². The predicted molar refractivity (Wildman–Crippen MR) is 48.4 cm³/mol. The van der Waals surface area contributed by atoms with Crippen LogP contribution in [0.4, 0.5) is 13.2 Å². The van der Waals surface area contributed by atoms with Gasteiger partial charge in [-0.15, -0.1) is 0 Å². The Balaban J connectivity index is 2.66. The highest BCUT2D eigenvalue weighted by Crippen LogP contribution is 2.29. The standard InChI is InChI=1S/C10H8F3NO2/c11-5-3-6(12)8(13)7-4(5)1-2-14-9(7)10(15)16/h3,9,14H,1-2H2,(H,15,16). The van der Waals surface area contributed by atoms with Gasteiger partial charge >= 0.3 is 5.97 Å². The molecule has 86 valence electrons. The van der Waals surface area contributed by atoms with E-state index in [0.717, 1.165) is 0 Å². The SMILES string of the molecule is O=C(O)C1NCCc2c(F)cc(F)c(F)c21. The molecule has 0 saturated carbocycles. The van der Waals surface area contributed by atoms with Crippen LogP contribution in [0.5, 0.6) is 0 Å². The molecule has 1 unspecified atom stereocenters. The molecule has 0 aliphatic carbocycles. The number of carboxylic acids is 1. The second-order valence-corrected chi connectivity index (χ2v) is 3.52. The van der Waals surface area contributed by atoms with Gasteiger partial charge in [-0.1, -0.05) is 0 Å². The molecule has 6 heteroatoms. The van der Waals surface area contributed by atoms with Crippen LogP contribution in [-0.4, -0.2) is 17.6 Å². The summed E-state index contributed by atoms with van der Waals surface area (Å²) in [4.78, 5) is 10.8. The van der Waals surface area contributed by atoms with Gasteiger partial charge in [0.1, 0.15) is 11.9 Å². The first-order valence-corrected chi connectivity index (χ1v) is 4.65. The van der Waals surface area contributed by atoms with Gasteiger partial charge in [0, 0.05) is 18.2 Å². The lowest BCUT2D eigenvalue weighted by atomic mass is 9.93. The molecule has 1 atom stereocenters. The molecule has 0 bridgehead atoms. The third-order valence-electron chi connectivity index (χ3n) is 2.57. The molecular weight excluding hydrogens is 223 g/mol. The Morgan fingerprint density at radius 2 is 2.06 bits per heavy atom. The summed E-state index contributed by atoms with van der Waals surface area (Å²) in [6.45, 7) is 0.214. The minimum absolute atomic E-state index is 0.0648. The summed E-state index contributed by atoms with van der Waals surface area (Å²) in [5, 5.41) is 11.3. The fourth-order valence-electron chi connectivity index (χ4n) is 1.86. The molecule has 0 radical (unpaired) electrons. The van der Waals surface area contributed by atoms with Crippen LogP contribution < -0.4 is 5.32 Å². The normalized spacial score (nSPS) is 19.3. The maximum atomic E-state index is 13.4. The molecule has 1 aliphatic heterocycles. The van der Waals surface area contributed by atoms with E-state index in [-0.39, 0.29) is 18.5 Å². The molecule has 2 N–H and O–H groups in total. The Morgan fingerprint density at radius 1 is 1.38 bits per heavy atom. The van der Waals surface area contributed by atoms with Gasteiger partial charge in [-0.3, -0.25) is 4.79 Å². The Hall–Kier alpha value is -1.56. The van der Waals surface area contributed by atoms with Crippen LogP contribution in [0.3, 0.4) is 0 Å². The van der Waals surface area contributed by atoms with Gasteiger partial charge in [0.15, 0.2) is 11.6 Å². The van der Waals surface area contributed by atoms with Gasteiger partial charge in [-0.25, -0.2) is 13.2 Å². The number of rotatable bonds is 1. The smallest absolute Gasteiger partial charge is 0.325 e. The maximum Gasteiger partial charge on any atom is 0.325 e. The zero-order chi connectivity index (χ0) is 11.9. The van der Waals surface area contributed by atoms with Gasteiger partial charge < -0.3 is 10.4 Å². The predicted octanol–water partition coefficient (Wildman–Crippen LogP) is 1.38. The highest BCUT2D eigenvalue weighted by atomic mass is 19.2. The fraction of sp³-hybridized carbons (Fsp3) is 0.300. The molecule has 3 nitrogen and oxygen atoms in total. The number of carboxylic acid groups (broad SMARTS) is 1. The van der Waals surface area contributed by atoms with Crippen molar-refractivity contribution in [1.82, 2.24) is 5.32 Å². The van der Waals surface area contributed by atoms with Crippen LogP contribution in [0.2, 0.25) is 0 Å². The zero-order valence-corrected chi connectivity index (χ0v) is 8.06. The molecule has 1 heterocycles. The number of fused-ring (bicyclic) bond motifs is 1. The molecular formula is C10H8F3NO2. The van der Waals surface area contributed by atoms with Crippen molar-refractivity contribution in [3.63, 3.8) is 0 Å². The average Bonchev–Trinajstić information content (AvgIpc) is 2.25. The molecule has 0 fully saturated rings. The first-order valence-electron chi connectivity index (χ1n) is 4.65. The number of halogens is 3. The Morgan fingerprint density at radius 3 is 2.69 bits per heavy atom. The molecule has 2 rings (SSSR count). The Labute approximate surface area is 88.9 Å². The van der Waals surface area contributed by atoms with E-state index in [4.69, 9.17) is 5.11 Å². The van der Waals surface area contributed by atoms with Crippen molar-refractivity contribution >= 4 is 5.97 Å². The summed E-state index contributed by atoms with van der Waals surface area (Å²) in [5.74, 6) is -4.92. The maximum absolute atomic E-state index is 13.4. The zero-order valence-electron chi connectivity index (χ0n) is 8.06. The van der Waals surface area contributed by atoms with Crippen molar-refractivity contribution in [2.45, 2.75) is 12.5 Å². The Kier molecular flexibility index (Phi) is 2.59. The van der Waals surface area contributed by atoms with Crippen molar-refractivity contribution in [3.05, 3.63) is 34.6 Å². The summed E-state index contributed by atoms with van der Waals surface area (Å²) in [6.07, 6.45) is 0.141. The third-order valence-corrected chi connectivity index (χ3v) is 2.57. The molecule has 0 saturated heterocycles. The van der Waals surface area contributed by atoms with Gasteiger partial charge in [-0.2, -0.15) is 0 Å². The van der Waals surface area contributed by atoms with Crippen LogP contribution in [-0.2, 0) is 11.2 Å². The van der Waals surface area contributed by atoms with E-state index < -0.39 is 35.0 Å².